The van der Waals surface area contributed by atoms with Crippen molar-refractivity contribution >= 4 is 71.6 Å². The summed E-state index contributed by atoms with van der Waals surface area (Å²) in [6, 6.07) is 82.7. The van der Waals surface area contributed by atoms with E-state index >= 15 is 0 Å². The summed E-state index contributed by atoms with van der Waals surface area (Å²) in [6.45, 7) is 0. The zero-order chi connectivity index (χ0) is 40.3. The summed E-state index contributed by atoms with van der Waals surface area (Å²) in [7, 11) is 0. The molecule has 0 amide bonds. The summed E-state index contributed by atoms with van der Waals surface area (Å²) in [5.41, 5.74) is 15.5. The van der Waals surface area contributed by atoms with Gasteiger partial charge in [0.1, 0.15) is 11.2 Å². The van der Waals surface area contributed by atoms with Crippen molar-refractivity contribution in [3.63, 3.8) is 0 Å². The molecule has 0 unspecified atom stereocenters. The number of aromatic nitrogens is 1. The highest BCUT2D eigenvalue weighted by atomic mass is 16.3. The monoisotopic (exact) mass is 778 g/mol. The van der Waals surface area contributed by atoms with Crippen molar-refractivity contribution < 1.29 is 4.42 Å². The second kappa shape index (κ2) is 14.3. The molecule has 0 aliphatic carbocycles. The molecule has 2 heterocycles. The van der Waals surface area contributed by atoms with Crippen molar-refractivity contribution in [1.29, 1.82) is 0 Å². The normalized spacial score (nSPS) is 11.6. The van der Waals surface area contributed by atoms with Gasteiger partial charge in [-0.15, -0.1) is 0 Å². The van der Waals surface area contributed by atoms with Crippen LogP contribution in [-0.4, -0.2) is 4.57 Å². The van der Waals surface area contributed by atoms with Crippen LogP contribution in [0.4, 0.5) is 17.1 Å². The van der Waals surface area contributed by atoms with Crippen molar-refractivity contribution in [3.05, 3.63) is 231 Å². The Morgan fingerprint density at radius 1 is 0.344 bits per heavy atom. The topological polar surface area (TPSA) is 21.3 Å². The largest absolute Gasteiger partial charge is 0.456 e. The maximum atomic E-state index is 6.79. The van der Waals surface area contributed by atoms with Crippen molar-refractivity contribution in [2.45, 2.75) is 0 Å². The van der Waals surface area contributed by atoms with Crippen LogP contribution in [-0.2, 0) is 0 Å². The van der Waals surface area contributed by atoms with E-state index < -0.39 is 0 Å². The first-order valence-electron chi connectivity index (χ1n) is 20.8. The predicted octanol–water partition coefficient (Wildman–Crippen LogP) is 16.3. The van der Waals surface area contributed by atoms with Gasteiger partial charge in [0.2, 0.25) is 0 Å². The molecule has 0 aliphatic heterocycles. The number of anilines is 3. The molecule has 2 aromatic heterocycles. The van der Waals surface area contributed by atoms with Gasteiger partial charge in [0.05, 0.1) is 16.7 Å². The van der Waals surface area contributed by atoms with E-state index in [1.165, 1.54) is 54.8 Å². The Bertz CT molecular complexity index is 3570. The Morgan fingerprint density at radius 2 is 0.934 bits per heavy atom. The van der Waals surface area contributed by atoms with Gasteiger partial charge < -0.3 is 13.9 Å². The Labute approximate surface area is 353 Å². The van der Waals surface area contributed by atoms with Crippen LogP contribution in [0.1, 0.15) is 0 Å². The number of hydrogen-bond acceptors (Lipinski definition) is 2. The zero-order valence-electron chi connectivity index (χ0n) is 33.2. The minimum Gasteiger partial charge on any atom is -0.456 e. The molecule has 61 heavy (non-hydrogen) atoms. The van der Waals surface area contributed by atoms with Crippen LogP contribution in [0.5, 0.6) is 0 Å². The number of furan rings is 1. The molecule has 0 bridgehead atoms. The SMILES string of the molecule is c1ccc(-c2ccc(N(c3ccc4c(c3)oc3ccc5ccc(-c6ccc7c8ccccc8n(-c8ccccc8)c7c6)cc5c34)c3ccccc3-c3ccccc3)cc2)cc1. The predicted molar refractivity (Wildman–Crippen MR) is 257 cm³/mol. The molecule has 12 aromatic rings. The smallest absolute Gasteiger partial charge is 0.137 e. The van der Waals surface area contributed by atoms with Crippen molar-refractivity contribution in [2.75, 3.05) is 4.90 Å². The third-order valence-electron chi connectivity index (χ3n) is 12.2. The van der Waals surface area contributed by atoms with Crippen molar-refractivity contribution in [2.24, 2.45) is 0 Å². The van der Waals surface area contributed by atoms with E-state index in [1.54, 1.807) is 0 Å². The van der Waals surface area contributed by atoms with E-state index in [1.807, 2.05) is 0 Å². The fourth-order valence-corrected chi connectivity index (χ4v) is 9.30. The fourth-order valence-electron chi connectivity index (χ4n) is 9.30. The summed E-state index contributed by atoms with van der Waals surface area (Å²) < 4.78 is 9.17. The van der Waals surface area contributed by atoms with Gasteiger partial charge in [0.15, 0.2) is 0 Å². The van der Waals surface area contributed by atoms with Crippen LogP contribution in [0, 0.1) is 0 Å². The van der Waals surface area contributed by atoms with Crippen molar-refractivity contribution in [3.8, 4) is 39.1 Å². The minimum absolute atomic E-state index is 0.849. The number of para-hydroxylation sites is 3. The average molecular weight is 779 g/mol. The highest BCUT2D eigenvalue weighted by molar-refractivity contribution is 6.20. The fraction of sp³-hybridized carbons (Fsp3) is 0. The van der Waals surface area contributed by atoms with E-state index in [0.717, 1.165) is 55.8 Å². The number of nitrogens with zero attached hydrogens (tertiary/aromatic N) is 2. The lowest BCUT2D eigenvalue weighted by atomic mass is 9.97. The Hall–Kier alpha value is -8.14. The highest BCUT2D eigenvalue weighted by Crippen LogP contribution is 2.44. The quantitative estimate of drug-likeness (QED) is 0.161. The first-order valence-corrected chi connectivity index (χ1v) is 20.8. The summed E-state index contributed by atoms with van der Waals surface area (Å²) >= 11 is 0. The first-order chi connectivity index (χ1) is 30.2. The number of hydrogen-bond donors (Lipinski definition) is 0. The molecule has 0 atom stereocenters. The molecular weight excluding hydrogens is 741 g/mol. The van der Waals surface area contributed by atoms with Crippen LogP contribution in [0.3, 0.4) is 0 Å². The molecule has 0 fully saturated rings. The lowest BCUT2D eigenvalue weighted by molar-refractivity contribution is 0.669. The highest BCUT2D eigenvalue weighted by Gasteiger charge is 2.20. The Balaban J connectivity index is 1.00. The van der Waals surface area contributed by atoms with Gasteiger partial charge in [-0.1, -0.05) is 158 Å². The first kappa shape index (κ1) is 34.9. The van der Waals surface area contributed by atoms with Gasteiger partial charge >= 0.3 is 0 Å². The van der Waals surface area contributed by atoms with Crippen LogP contribution in [0.25, 0.3) is 93.6 Å². The molecule has 0 radical (unpaired) electrons. The lowest BCUT2D eigenvalue weighted by Crippen LogP contribution is -2.11. The van der Waals surface area contributed by atoms with E-state index in [4.69, 9.17) is 4.42 Å². The van der Waals surface area contributed by atoms with Gasteiger partial charge in [-0.25, -0.2) is 0 Å². The lowest BCUT2D eigenvalue weighted by Gasteiger charge is -2.28. The van der Waals surface area contributed by atoms with E-state index in [2.05, 4.69) is 240 Å². The van der Waals surface area contributed by atoms with E-state index in [9.17, 15) is 0 Å². The second-order valence-corrected chi connectivity index (χ2v) is 15.7. The molecular formula is C58H38N2O. The molecule has 0 spiro atoms. The van der Waals surface area contributed by atoms with E-state index in [0.29, 0.717) is 0 Å². The molecule has 12 rings (SSSR count). The van der Waals surface area contributed by atoms with Crippen LogP contribution < -0.4 is 4.90 Å². The van der Waals surface area contributed by atoms with Gasteiger partial charge in [-0.3, -0.25) is 0 Å². The Kier molecular flexibility index (Phi) is 8.17. The second-order valence-electron chi connectivity index (χ2n) is 15.7. The molecule has 286 valence electrons. The maximum Gasteiger partial charge on any atom is 0.137 e. The van der Waals surface area contributed by atoms with Gasteiger partial charge in [-0.05, 0) is 105 Å². The third kappa shape index (κ3) is 5.90. The molecule has 0 N–H and O–H groups in total. The maximum absolute atomic E-state index is 6.79. The molecule has 0 saturated heterocycles. The summed E-state index contributed by atoms with van der Waals surface area (Å²) in [5.74, 6) is 0. The minimum atomic E-state index is 0.849. The molecule has 0 aliphatic rings. The molecule has 3 heteroatoms. The van der Waals surface area contributed by atoms with Gasteiger partial charge in [0.25, 0.3) is 0 Å². The third-order valence-corrected chi connectivity index (χ3v) is 12.2. The number of benzene rings is 10. The van der Waals surface area contributed by atoms with Crippen LogP contribution in [0.15, 0.2) is 235 Å². The number of fused-ring (bicyclic) bond motifs is 8. The van der Waals surface area contributed by atoms with Gasteiger partial charge in [0, 0.05) is 50.2 Å². The van der Waals surface area contributed by atoms with E-state index in [-0.39, 0.29) is 0 Å². The summed E-state index contributed by atoms with van der Waals surface area (Å²) in [6.07, 6.45) is 0. The van der Waals surface area contributed by atoms with Gasteiger partial charge in [-0.2, -0.15) is 0 Å². The molecule has 3 nitrogen and oxygen atoms in total. The summed E-state index contributed by atoms with van der Waals surface area (Å²) in [5, 5.41) is 7.08. The van der Waals surface area contributed by atoms with Crippen molar-refractivity contribution in [1.82, 2.24) is 4.57 Å². The average Bonchev–Trinajstić information content (AvgIpc) is 3.88. The van der Waals surface area contributed by atoms with Crippen LogP contribution in [0.2, 0.25) is 0 Å². The number of rotatable bonds is 7. The summed E-state index contributed by atoms with van der Waals surface area (Å²) in [4.78, 5) is 2.35. The molecule has 10 aromatic carbocycles. The van der Waals surface area contributed by atoms with Crippen LogP contribution >= 0.6 is 0 Å². The standard InChI is InChI=1S/C58H38N2O/c1-4-14-39(15-5-1)40-26-30-46(31-27-40)59(53-22-12-10-20-48(53)41-16-6-2-7-17-41)47-32-34-51-57(38-47)61-56-35-29-42-24-25-43(36-52(42)58(51)56)44-28-33-50-49-21-11-13-23-54(49)60(55(50)37-44)45-18-8-3-9-19-45/h1-38H. The zero-order valence-corrected chi connectivity index (χ0v) is 33.2. The molecule has 0 saturated carbocycles. The Morgan fingerprint density at radius 3 is 1.75 bits per heavy atom.